The number of anilines is 2. The van der Waals surface area contributed by atoms with Gasteiger partial charge in [-0.05, 0) is 85.0 Å². The number of nitrogens with zero attached hydrogens (tertiary/aromatic N) is 2. The Kier molecular flexibility index (Phi) is 9.14. The molecule has 2 heterocycles. The number of hydrogen-bond acceptors (Lipinski definition) is 7. The van der Waals surface area contributed by atoms with Gasteiger partial charge in [0.2, 0.25) is 11.8 Å². The summed E-state index contributed by atoms with van der Waals surface area (Å²) in [5.41, 5.74) is -2.29. The number of halogens is 8. The zero-order valence-electron chi connectivity index (χ0n) is 29.9. The Morgan fingerprint density at radius 1 is 0.810 bits per heavy atom. The summed E-state index contributed by atoms with van der Waals surface area (Å²) in [6, 6.07) is 15.6. The lowest BCUT2D eigenvalue weighted by atomic mass is 9.49. The number of carbonyl (C=O) groups excluding carboxylic acids is 4. The van der Waals surface area contributed by atoms with Gasteiger partial charge in [-0.15, -0.1) is 0 Å². The average molecular weight is 828 g/mol. The molecule has 0 radical (unpaired) electrons. The number of carbonyl (C=O) groups is 4. The summed E-state index contributed by atoms with van der Waals surface area (Å²) in [6.45, 7) is 0. The van der Waals surface area contributed by atoms with Crippen molar-refractivity contribution in [1.29, 1.82) is 0 Å². The lowest BCUT2D eigenvalue weighted by Gasteiger charge is -2.50. The van der Waals surface area contributed by atoms with E-state index < -0.39 is 93.6 Å². The summed E-state index contributed by atoms with van der Waals surface area (Å²) in [5.74, 6) is -10.6. The molecule has 2 saturated heterocycles. The number of phenols is 1. The molecule has 2 aliphatic heterocycles. The van der Waals surface area contributed by atoms with Crippen LogP contribution in [0.1, 0.15) is 41.0 Å². The fraction of sp³-hybridized carbons (Fsp3) is 0.268. The largest absolute Gasteiger partial charge is 0.508 e. The normalized spacial score (nSPS) is 25.7. The second-order valence-electron chi connectivity index (χ2n) is 14.6. The van der Waals surface area contributed by atoms with Crippen molar-refractivity contribution in [2.75, 3.05) is 17.4 Å². The number of ether oxygens (including phenoxy) is 1. The minimum Gasteiger partial charge on any atom is -0.508 e. The molecule has 4 aliphatic rings. The average Bonchev–Trinajstić information content (AvgIpc) is 3.55. The number of imide groups is 2. The maximum absolute atomic E-state index is 15.3. The van der Waals surface area contributed by atoms with E-state index in [-0.39, 0.29) is 41.7 Å². The van der Waals surface area contributed by atoms with Gasteiger partial charge in [0.05, 0.1) is 52.8 Å². The van der Waals surface area contributed by atoms with Gasteiger partial charge in [0.15, 0.2) is 0 Å². The topological polar surface area (TPSA) is 116 Å². The third-order valence-electron chi connectivity index (χ3n) is 11.6. The molecule has 6 atom stereocenters. The second kappa shape index (κ2) is 13.6. The zero-order chi connectivity index (χ0) is 41.6. The highest BCUT2D eigenvalue weighted by molar-refractivity contribution is 6.30. The van der Waals surface area contributed by atoms with Crippen molar-refractivity contribution < 1.29 is 59.8 Å². The van der Waals surface area contributed by atoms with Crippen molar-refractivity contribution in [2.45, 2.75) is 36.5 Å². The number of methoxy groups -OCH3 is 1. The van der Waals surface area contributed by atoms with Crippen molar-refractivity contribution in [1.82, 2.24) is 5.01 Å². The number of amides is 4. The van der Waals surface area contributed by atoms with Crippen LogP contribution in [-0.4, -0.2) is 40.9 Å². The van der Waals surface area contributed by atoms with Crippen LogP contribution in [0, 0.1) is 29.5 Å². The van der Waals surface area contributed by atoms with Crippen LogP contribution in [0.2, 0.25) is 5.02 Å². The number of benzene rings is 4. The van der Waals surface area contributed by atoms with Gasteiger partial charge < -0.3 is 9.84 Å². The SMILES string of the molecule is COc1cc(O)ccc1C1C2=CCC3C(=O)N(c4cc(C(F)(F)F)cc(C(F)(F)F)c4)C(=O)C3C2CC2C(=O)N(Nc3ccc(F)cc3)C(=O)C21c1ccc(Cl)cc1. The standard InChI is InChI=1S/C41H29ClF7N3O6/c1-58-32-17-26(53)10-11-28(32)34-27-12-13-29-33(37(56)51(35(29)54)25-15-20(40(44,45)46)14-21(16-25)41(47,48)49)30(27)18-31-36(55)52(50-24-8-6-23(43)7-9-24)38(57)39(31,34)19-2-4-22(42)5-3-19/h2-12,14-17,29-31,33-34,50,53H,13,18H2,1H3. The summed E-state index contributed by atoms with van der Waals surface area (Å²) in [5, 5.41) is 11.6. The first-order valence-corrected chi connectivity index (χ1v) is 18.1. The van der Waals surface area contributed by atoms with Crippen LogP contribution in [0.4, 0.5) is 42.1 Å². The van der Waals surface area contributed by atoms with E-state index in [2.05, 4.69) is 5.43 Å². The molecule has 4 amide bonds. The molecule has 0 bridgehead atoms. The molecule has 3 fully saturated rings. The molecule has 58 heavy (non-hydrogen) atoms. The number of hydrazine groups is 1. The predicted molar refractivity (Wildman–Crippen MR) is 193 cm³/mol. The molecule has 0 aromatic heterocycles. The fourth-order valence-corrected chi connectivity index (χ4v) is 9.39. The highest BCUT2D eigenvalue weighted by atomic mass is 35.5. The van der Waals surface area contributed by atoms with Crippen molar-refractivity contribution in [3.05, 3.63) is 130 Å². The molecular weight excluding hydrogens is 799 g/mol. The molecule has 9 nitrogen and oxygen atoms in total. The first-order valence-electron chi connectivity index (χ1n) is 17.8. The molecule has 2 N–H and O–H groups in total. The van der Waals surface area contributed by atoms with E-state index >= 15 is 4.79 Å². The molecule has 8 rings (SSSR count). The summed E-state index contributed by atoms with van der Waals surface area (Å²) >= 11 is 6.30. The number of hydrogen-bond donors (Lipinski definition) is 2. The van der Waals surface area contributed by atoms with Crippen LogP contribution in [0.5, 0.6) is 11.5 Å². The lowest BCUT2D eigenvalue weighted by Crippen LogP contribution is -2.53. The molecule has 1 saturated carbocycles. The van der Waals surface area contributed by atoms with E-state index in [1.165, 1.54) is 49.6 Å². The van der Waals surface area contributed by atoms with E-state index in [1.54, 1.807) is 18.2 Å². The Hall–Kier alpha value is -5.90. The Labute approximate surface area is 329 Å². The number of fused-ring (bicyclic) bond motifs is 4. The first-order chi connectivity index (χ1) is 27.4. The van der Waals surface area contributed by atoms with Crippen LogP contribution < -0.4 is 15.1 Å². The van der Waals surface area contributed by atoms with Gasteiger partial charge in [-0.1, -0.05) is 41.4 Å². The van der Waals surface area contributed by atoms with Crippen LogP contribution in [0.3, 0.4) is 0 Å². The van der Waals surface area contributed by atoms with E-state index in [1.807, 2.05) is 0 Å². The zero-order valence-corrected chi connectivity index (χ0v) is 30.6. The van der Waals surface area contributed by atoms with Gasteiger partial charge in [-0.2, -0.15) is 31.4 Å². The maximum Gasteiger partial charge on any atom is 0.416 e. The van der Waals surface area contributed by atoms with Crippen LogP contribution in [-0.2, 0) is 36.9 Å². The maximum atomic E-state index is 15.3. The van der Waals surface area contributed by atoms with Gasteiger partial charge in [0.25, 0.3) is 11.8 Å². The van der Waals surface area contributed by atoms with Crippen molar-refractivity contribution in [3.8, 4) is 11.5 Å². The van der Waals surface area contributed by atoms with E-state index in [0.29, 0.717) is 33.2 Å². The monoisotopic (exact) mass is 827 g/mol. The summed E-state index contributed by atoms with van der Waals surface area (Å²) in [6.07, 6.45) is -9.40. The van der Waals surface area contributed by atoms with E-state index in [4.69, 9.17) is 16.3 Å². The van der Waals surface area contributed by atoms with Gasteiger partial charge in [-0.25, -0.2) is 9.29 Å². The summed E-state index contributed by atoms with van der Waals surface area (Å²) in [7, 11) is 1.31. The van der Waals surface area contributed by atoms with Gasteiger partial charge in [-0.3, -0.25) is 24.6 Å². The molecular formula is C41H29ClF7N3O6. The van der Waals surface area contributed by atoms with Crippen LogP contribution in [0.25, 0.3) is 0 Å². The van der Waals surface area contributed by atoms with Crippen molar-refractivity contribution >= 4 is 46.6 Å². The predicted octanol–water partition coefficient (Wildman–Crippen LogP) is 8.42. The van der Waals surface area contributed by atoms with E-state index in [0.717, 1.165) is 17.1 Å². The number of nitrogens with one attached hydrogen (secondary N) is 1. The Bertz CT molecular complexity index is 2390. The number of phenolic OH excluding ortho intramolecular Hbond substituents is 1. The smallest absolute Gasteiger partial charge is 0.416 e. The molecule has 2 aliphatic carbocycles. The summed E-state index contributed by atoms with van der Waals surface area (Å²) < 4.78 is 103. The van der Waals surface area contributed by atoms with Crippen molar-refractivity contribution in [3.63, 3.8) is 0 Å². The Morgan fingerprint density at radius 3 is 2.05 bits per heavy atom. The van der Waals surface area contributed by atoms with Crippen molar-refractivity contribution in [2.24, 2.45) is 23.7 Å². The highest BCUT2D eigenvalue weighted by Gasteiger charge is 2.70. The number of alkyl halides is 6. The van der Waals surface area contributed by atoms with E-state index in [9.17, 15) is 50.2 Å². The van der Waals surface area contributed by atoms with Gasteiger partial charge >= 0.3 is 12.4 Å². The summed E-state index contributed by atoms with van der Waals surface area (Å²) in [4.78, 5) is 59.0. The molecule has 4 aromatic rings. The quantitative estimate of drug-likeness (QED) is 0.114. The fourth-order valence-electron chi connectivity index (χ4n) is 9.26. The number of rotatable bonds is 6. The molecule has 17 heteroatoms. The third kappa shape index (κ3) is 5.98. The third-order valence-corrected chi connectivity index (χ3v) is 11.9. The number of aromatic hydroxyl groups is 1. The molecule has 6 unspecified atom stereocenters. The Balaban J connectivity index is 1.32. The van der Waals surface area contributed by atoms with Crippen LogP contribution >= 0.6 is 11.6 Å². The minimum absolute atomic E-state index is 0.0741. The molecule has 4 aromatic carbocycles. The Morgan fingerprint density at radius 2 is 1.45 bits per heavy atom. The number of allylic oxidation sites excluding steroid dienone is 2. The molecule has 0 spiro atoms. The van der Waals surface area contributed by atoms with Gasteiger partial charge in [0, 0.05) is 22.6 Å². The molecule has 300 valence electrons. The lowest BCUT2D eigenvalue weighted by molar-refractivity contribution is -0.143. The minimum atomic E-state index is -5.27. The van der Waals surface area contributed by atoms with Gasteiger partial charge in [0.1, 0.15) is 17.3 Å². The first kappa shape index (κ1) is 38.9. The highest BCUT2D eigenvalue weighted by Crippen LogP contribution is 2.65. The van der Waals surface area contributed by atoms with Crippen LogP contribution in [0.15, 0.2) is 96.6 Å². The second-order valence-corrected chi connectivity index (χ2v) is 15.0.